The molecule has 1 aliphatic heterocycles. The zero-order valence-corrected chi connectivity index (χ0v) is 12.1. The highest BCUT2D eigenvalue weighted by atomic mass is 16.3. The lowest BCUT2D eigenvalue weighted by molar-refractivity contribution is -0.127. The van der Waals surface area contributed by atoms with E-state index >= 15 is 0 Å². The van der Waals surface area contributed by atoms with Gasteiger partial charge in [0.1, 0.15) is 0 Å². The molecule has 1 amide bonds. The summed E-state index contributed by atoms with van der Waals surface area (Å²) in [7, 11) is 0. The average Bonchev–Trinajstić information content (AvgIpc) is 2.69. The molecule has 4 heteroatoms. The topological polar surface area (TPSA) is 52.6 Å². The van der Waals surface area contributed by atoms with E-state index in [1.807, 2.05) is 6.92 Å². The third-order valence-corrected chi connectivity index (χ3v) is 4.62. The molecule has 4 nitrogen and oxygen atoms in total. The maximum Gasteiger partial charge on any atom is 0.237 e. The fourth-order valence-electron chi connectivity index (χ4n) is 3.23. The molecule has 1 aliphatic carbocycles. The van der Waals surface area contributed by atoms with Crippen molar-refractivity contribution in [3.63, 3.8) is 0 Å². The lowest BCUT2D eigenvalue weighted by Gasteiger charge is -2.32. The summed E-state index contributed by atoms with van der Waals surface area (Å²) in [5, 5.41) is 13.0. The van der Waals surface area contributed by atoms with Crippen molar-refractivity contribution in [2.75, 3.05) is 13.1 Å². The van der Waals surface area contributed by atoms with Crippen LogP contribution in [0.4, 0.5) is 0 Å². The third kappa shape index (κ3) is 4.18. The van der Waals surface area contributed by atoms with Crippen molar-refractivity contribution >= 4 is 5.91 Å². The van der Waals surface area contributed by atoms with Crippen molar-refractivity contribution in [2.24, 2.45) is 0 Å². The molecule has 1 heterocycles. The van der Waals surface area contributed by atoms with E-state index in [4.69, 9.17) is 0 Å². The molecule has 2 rings (SSSR count). The van der Waals surface area contributed by atoms with Crippen LogP contribution in [0.15, 0.2) is 0 Å². The van der Waals surface area contributed by atoms with Crippen LogP contribution in [0.3, 0.4) is 0 Å². The largest absolute Gasteiger partial charge is 0.391 e. The molecule has 2 aliphatic rings. The summed E-state index contributed by atoms with van der Waals surface area (Å²) in [4.78, 5) is 14.6. The van der Waals surface area contributed by atoms with Gasteiger partial charge in [-0.2, -0.15) is 0 Å². The fraction of sp³-hybridized carbons (Fsp3) is 0.933. The average molecular weight is 268 g/mol. The van der Waals surface area contributed by atoms with Gasteiger partial charge in [0.05, 0.1) is 18.2 Å². The number of carbonyl (C=O) groups excluding carboxylic acids is 1. The zero-order chi connectivity index (χ0) is 13.7. The van der Waals surface area contributed by atoms with Crippen LogP contribution >= 0.6 is 0 Å². The molecule has 0 aromatic carbocycles. The standard InChI is InChI=1S/C15H28N2O2/c1-12(17-10-6-2-3-7-11-17)15(19)16-13-8-4-5-9-14(13)18/h12-14,18H,2-11H2,1H3,(H,16,19). The molecule has 0 radical (unpaired) electrons. The number of aliphatic hydroxyl groups excluding tert-OH is 1. The number of hydrogen-bond donors (Lipinski definition) is 2. The summed E-state index contributed by atoms with van der Waals surface area (Å²) in [6, 6.07) is -0.0945. The van der Waals surface area contributed by atoms with E-state index in [2.05, 4.69) is 10.2 Å². The fourth-order valence-corrected chi connectivity index (χ4v) is 3.23. The van der Waals surface area contributed by atoms with Crippen molar-refractivity contribution in [1.82, 2.24) is 10.2 Å². The molecule has 19 heavy (non-hydrogen) atoms. The van der Waals surface area contributed by atoms with Gasteiger partial charge < -0.3 is 10.4 Å². The number of amides is 1. The summed E-state index contributed by atoms with van der Waals surface area (Å²) in [5.74, 6) is 0.0906. The molecule has 0 aromatic rings. The number of carbonyl (C=O) groups is 1. The number of aliphatic hydroxyl groups is 1. The lowest BCUT2D eigenvalue weighted by atomic mass is 9.92. The first-order valence-corrected chi connectivity index (χ1v) is 7.91. The summed E-state index contributed by atoms with van der Waals surface area (Å²) in [5.41, 5.74) is 0. The first-order valence-electron chi connectivity index (χ1n) is 7.91. The molecule has 0 aromatic heterocycles. The molecule has 3 unspecified atom stereocenters. The van der Waals surface area contributed by atoms with E-state index in [0.717, 1.165) is 38.8 Å². The lowest BCUT2D eigenvalue weighted by Crippen LogP contribution is -2.52. The van der Waals surface area contributed by atoms with Crippen LogP contribution in [0.5, 0.6) is 0 Å². The monoisotopic (exact) mass is 268 g/mol. The Morgan fingerprint density at radius 1 is 1.11 bits per heavy atom. The molecule has 0 spiro atoms. The predicted octanol–water partition coefficient (Wildman–Crippen LogP) is 1.67. The number of nitrogens with one attached hydrogen (secondary N) is 1. The van der Waals surface area contributed by atoms with Gasteiger partial charge in [0, 0.05) is 0 Å². The van der Waals surface area contributed by atoms with E-state index in [0.29, 0.717) is 0 Å². The van der Waals surface area contributed by atoms with Crippen LogP contribution in [-0.2, 0) is 4.79 Å². The van der Waals surface area contributed by atoms with Crippen molar-refractivity contribution in [1.29, 1.82) is 0 Å². The number of likely N-dealkylation sites (tertiary alicyclic amines) is 1. The van der Waals surface area contributed by atoms with Crippen LogP contribution < -0.4 is 5.32 Å². The van der Waals surface area contributed by atoms with Gasteiger partial charge in [0.25, 0.3) is 0 Å². The van der Waals surface area contributed by atoms with Crippen molar-refractivity contribution in [3.8, 4) is 0 Å². The second kappa shape index (κ2) is 7.25. The van der Waals surface area contributed by atoms with Crippen LogP contribution in [0.2, 0.25) is 0 Å². The van der Waals surface area contributed by atoms with Gasteiger partial charge in [-0.1, -0.05) is 25.7 Å². The van der Waals surface area contributed by atoms with Gasteiger partial charge >= 0.3 is 0 Å². The Morgan fingerprint density at radius 3 is 2.37 bits per heavy atom. The normalized spacial score (nSPS) is 31.5. The molecule has 0 bridgehead atoms. The summed E-state index contributed by atoms with van der Waals surface area (Å²) in [6.45, 7) is 4.06. The maximum atomic E-state index is 12.3. The van der Waals surface area contributed by atoms with E-state index in [-0.39, 0.29) is 24.1 Å². The molecule has 110 valence electrons. The smallest absolute Gasteiger partial charge is 0.237 e. The molecule has 3 atom stereocenters. The van der Waals surface area contributed by atoms with Crippen LogP contribution in [0.25, 0.3) is 0 Å². The highest BCUT2D eigenvalue weighted by Crippen LogP contribution is 2.19. The van der Waals surface area contributed by atoms with Gasteiger partial charge in [-0.3, -0.25) is 9.69 Å². The predicted molar refractivity (Wildman–Crippen MR) is 75.9 cm³/mol. The third-order valence-electron chi connectivity index (χ3n) is 4.62. The quantitative estimate of drug-likeness (QED) is 0.818. The maximum absolute atomic E-state index is 12.3. The molecule has 2 fully saturated rings. The summed E-state index contributed by atoms with van der Waals surface area (Å²) >= 11 is 0. The minimum atomic E-state index is -0.353. The molecule has 1 saturated carbocycles. The van der Waals surface area contributed by atoms with Gasteiger partial charge in [0.2, 0.25) is 5.91 Å². The van der Waals surface area contributed by atoms with Gasteiger partial charge in [-0.25, -0.2) is 0 Å². The first kappa shape index (κ1) is 14.8. The van der Waals surface area contributed by atoms with E-state index in [9.17, 15) is 9.90 Å². The Kier molecular flexibility index (Phi) is 5.64. The number of hydrogen-bond acceptors (Lipinski definition) is 3. The van der Waals surface area contributed by atoms with Crippen LogP contribution in [0.1, 0.15) is 58.3 Å². The Labute approximate surface area is 116 Å². The minimum Gasteiger partial charge on any atom is -0.391 e. The van der Waals surface area contributed by atoms with Crippen LogP contribution in [0, 0.1) is 0 Å². The SMILES string of the molecule is CC(C(=O)NC1CCCCC1O)N1CCCCCC1. The molecule has 2 N–H and O–H groups in total. The Hall–Kier alpha value is -0.610. The number of nitrogens with zero attached hydrogens (tertiary/aromatic N) is 1. The van der Waals surface area contributed by atoms with Gasteiger partial charge in [-0.15, -0.1) is 0 Å². The zero-order valence-electron chi connectivity index (χ0n) is 12.1. The Morgan fingerprint density at radius 2 is 1.74 bits per heavy atom. The van der Waals surface area contributed by atoms with Crippen LogP contribution in [-0.4, -0.2) is 47.2 Å². The molecular formula is C15H28N2O2. The summed E-state index contributed by atoms with van der Waals surface area (Å²) < 4.78 is 0. The minimum absolute atomic E-state index is 0.0318. The summed E-state index contributed by atoms with van der Waals surface area (Å²) in [6.07, 6.45) is 8.54. The van der Waals surface area contributed by atoms with Crippen molar-refractivity contribution in [3.05, 3.63) is 0 Å². The first-order chi connectivity index (χ1) is 9.18. The highest BCUT2D eigenvalue weighted by Gasteiger charge is 2.28. The van der Waals surface area contributed by atoms with E-state index in [1.54, 1.807) is 0 Å². The molecular weight excluding hydrogens is 240 g/mol. The van der Waals surface area contributed by atoms with Gasteiger partial charge in [0.15, 0.2) is 0 Å². The van der Waals surface area contributed by atoms with E-state index < -0.39 is 0 Å². The second-order valence-electron chi connectivity index (χ2n) is 6.09. The Bertz CT molecular complexity index is 288. The Balaban J connectivity index is 1.83. The highest BCUT2D eigenvalue weighted by molar-refractivity contribution is 5.81. The van der Waals surface area contributed by atoms with E-state index in [1.165, 1.54) is 25.7 Å². The number of rotatable bonds is 3. The van der Waals surface area contributed by atoms with Crippen molar-refractivity contribution < 1.29 is 9.90 Å². The molecule has 1 saturated heterocycles. The van der Waals surface area contributed by atoms with Gasteiger partial charge in [-0.05, 0) is 45.7 Å². The second-order valence-corrected chi connectivity index (χ2v) is 6.09. The van der Waals surface area contributed by atoms with Crippen molar-refractivity contribution in [2.45, 2.75) is 76.5 Å².